The lowest BCUT2D eigenvalue weighted by molar-refractivity contribution is 0.0635. The van der Waals surface area contributed by atoms with Crippen molar-refractivity contribution in [2.24, 2.45) is 10.7 Å². The molecule has 6 heteroatoms. The van der Waals surface area contributed by atoms with E-state index in [9.17, 15) is 4.79 Å². The van der Waals surface area contributed by atoms with Crippen LogP contribution in [0.5, 0.6) is 0 Å². The highest BCUT2D eigenvalue weighted by Crippen LogP contribution is 2.14. The van der Waals surface area contributed by atoms with Crippen molar-refractivity contribution >= 4 is 23.8 Å². The van der Waals surface area contributed by atoms with Crippen LogP contribution in [-0.2, 0) is 4.74 Å². The smallest absolute Gasteiger partial charge is 0.413 e. The number of allylic oxidation sites excluding steroid dienone is 1. The molecule has 1 aromatic rings. The number of pyridine rings is 1. The molecule has 0 aliphatic rings. The van der Waals surface area contributed by atoms with Crippen LogP contribution in [0.25, 0.3) is 5.70 Å². The molecule has 0 spiro atoms. The van der Waals surface area contributed by atoms with E-state index < -0.39 is 11.7 Å². The normalized spacial score (nSPS) is 12.5. The fourth-order valence-electron chi connectivity index (χ4n) is 1.34. The van der Waals surface area contributed by atoms with Gasteiger partial charge >= 0.3 is 6.09 Å². The second-order valence-electron chi connectivity index (χ2n) is 5.09. The highest BCUT2D eigenvalue weighted by atomic mass is 16.6. The quantitative estimate of drug-likeness (QED) is 0.830. The van der Waals surface area contributed by atoms with E-state index in [1.807, 2.05) is 0 Å². The second-order valence-corrected chi connectivity index (χ2v) is 5.09. The number of amides is 1. The first-order valence-electron chi connectivity index (χ1n) is 6.16. The lowest BCUT2D eigenvalue weighted by Gasteiger charge is -2.19. The van der Waals surface area contributed by atoms with Crippen LogP contribution < -0.4 is 11.1 Å². The Hall–Kier alpha value is -2.37. The van der Waals surface area contributed by atoms with Crippen LogP contribution in [-0.4, -0.2) is 29.9 Å². The maximum atomic E-state index is 11.6. The number of rotatable bonds is 3. The zero-order valence-corrected chi connectivity index (χ0v) is 12.2. The molecule has 0 atom stereocenters. The van der Waals surface area contributed by atoms with Gasteiger partial charge < -0.3 is 10.5 Å². The van der Waals surface area contributed by atoms with E-state index in [1.165, 1.54) is 0 Å². The van der Waals surface area contributed by atoms with Gasteiger partial charge in [0.05, 0.1) is 0 Å². The van der Waals surface area contributed by atoms with Gasteiger partial charge in [-0.1, -0.05) is 0 Å². The molecule has 0 radical (unpaired) electrons. The zero-order valence-electron chi connectivity index (χ0n) is 12.2. The molecule has 0 aliphatic carbocycles. The van der Waals surface area contributed by atoms with Crippen LogP contribution in [0.3, 0.4) is 0 Å². The van der Waals surface area contributed by atoms with Crippen LogP contribution in [0.2, 0.25) is 0 Å². The third-order valence-corrected chi connectivity index (χ3v) is 2.13. The Balaban J connectivity index is 2.81. The molecular weight excluding hydrogens is 256 g/mol. The van der Waals surface area contributed by atoms with Crippen molar-refractivity contribution in [1.82, 2.24) is 4.98 Å². The van der Waals surface area contributed by atoms with Crippen molar-refractivity contribution in [3.8, 4) is 0 Å². The molecule has 1 rings (SSSR count). The van der Waals surface area contributed by atoms with E-state index in [2.05, 4.69) is 15.3 Å². The summed E-state index contributed by atoms with van der Waals surface area (Å²) in [5, 5.41) is 2.56. The highest BCUT2D eigenvalue weighted by Gasteiger charge is 2.16. The summed E-state index contributed by atoms with van der Waals surface area (Å²) in [5.41, 5.74) is 6.60. The van der Waals surface area contributed by atoms with Gasteiger partial charge in [0.1, 0.15) is 11.4 Å². The second kappa shape index (κ2) is 6.70. The van der Waals surface area contributed by atoms with Gasteiger partial charge in [0.15, 0.2) is 0 Å². The summed E-state index contributed by atoms with van der Waals surface area (Å²) < 4.78 is 5.15. The molecule has 20 heavy (non-hydrogen) atoms. The van der Waals surface area contributed by atoms with Gasteiger partial charge in [0, 0.05) is 30.7 Å². The Morgan fingerprint density at radius 1 is 1.50 bits per heavy atom. The SMILES string of the molecule is CN=CC=C(N)c1ccnc(NC(=O)OC(C)(C)C)c1. The number of nitrogens with zero attached hydrogens (tertiary/aromatic N) is 2. The standard InChI is InChI=1S/C14H20N4O2/c1-14(2,3)20-13(19)18-12-9-10(5-8-17-12)11(15)6-7-16-4/h5-9H,15H2,1-4H3,(H,17,18,19). The minimum absolute atomic E-state index is 0.376. The molecule has 1 aromatic heterocycles. The lowest BCUT2D eigenvalue weighted by atomic mass is 10.2. The van der Waals surface area contributed by atoms with Crippen LogP contribution >= 0.6 is 0 Å². The van der Waals surface area contributed by atoms with Crippen molar-refractivity contribution < 1.29 is 9.53 Å². The topological polar surface area (TPSA) is 89.6 Å². The van der Waals surface area contributed by atoms with Gasteiger partial charge in [-0.05, 0) is 39.0 Å². The summed E-state index contributed by atoms with van der Waals surface area (Å²) in [7, 11) is 1.66. The molecule has 1 heterocycles. The molecule has 1 amide bonds. The van der Waals surface area contributed by atoms with Gasteiger partial charge in [-0.3, -0.25) is 10.3 Å². The minimum Gasteiger partial charge on any atom is -0.444 e. The van der Waals surface area contributed by atoms with E-state index >= 15 is 0 Å². The van der Waals surface area contributed by atoms with E-state index in [0.29, 0.717) is 11.5 Å². The van der Waals surface area contributed by atoms with Crippen molar-refractivity contribution in [3.05, 3.63) is 30.0 Å². The molecule has 0 fully saturated rings. The molecule has 6 nitrogen and oxygen atoms in total. The first-order valence-corrected chi connectivity index (χ1v) is 6.16. The van der Waals surface area contributed by atoms with Crippen molar-refractivity contribution in [3.63, 3.8) is 0 Å². The fraction of sp³-hybridized carbons (Fsp3) is 0.357. The van der Waals surface area contributed by atoms with Gasteiger partial charge in [-0.15, -0.1) is 0 Å². The molecule has 0 saturated heterocycles. The van der Waals surface area contributed by atoms with E-state index in [0.717, 1.165) is 5.56 Å². The summed E-state index contributed by atoms with van der Waals surface area (Å²) >= 11 is 0. The number of nitrogens with one attached hydrogen (secondary N) is 1. The number of aliphatic imine (C=N–C) groups is 1. The van der Waals surface area contributed by atoms with Gasteiger partial charge in [-0.2, -0.15) is 0 Å². The summed E-state index contributed by atoms with van der Waals surface area (Å²) in [4.78, 5) is 19.5. The number of nitrogens with two attached hydrogens (primary N) is 1. The fourth-order valence-corrected chi connectivity index (χ4v) is 1.34. The van der Waals surface area contributed by atoms with Crippen molar-refractivity contribution in [2.75, 3.05) is 12.4 Å². The van der Waals surface area contributed by atoms with E-state index in [4.69, 9.17) is 10.5 Å². The van der Waals surface area contributed by atoms with Crippen LogP contribution in [0, 0.1) is 0 Å². The number of hydrogen-bond acceptors (Lipinski definition) is 5. The predicted molar refractivity (Wildman–Crippen MR) is 80.7 cm³/mol. The Labute approximate surface area is 118 Å². The number of ether oxygens (including phenoxy) is 1. The van der Waals surface area contributed by atoms with Crippen molar-refractivity contribution in [2.45, 2.75) is 26.4 Å². The van der Waals surface area contributed by atoms with E-state index in [-0.39, 0.29) is 0 Å². The molecule has 0 unspecified atom stereocenters. The molecule has 3 N–H and O–H groups in total. The monoisotopic (exact) mass is 276 g/mol. The van der Waals surface area contributed by atoms with Crippen LogP contribution in [0.4, 0.5) is 10.6 Å². The first-order chi connectivity index (χ1) is 9.31. The Morgan fingerprint density at radius 2 is 2.20 bits per heavy atom. The van der Waals surface area contributed by atoms with Gasteiger partial charge in [-0.25, -0.2) is 9.78 Å². The lowest BCUT2D eigenvalue weighted by Crippen LogP contribution is -2.27. The Bertz CT molecular complexity index is 530. The number of hydrogen-bond donors (Lipinski definition) is 2. The molecule has 0 saturated carbocycles. The molecule has 0 aromatic carbocycles. The highest BCUT2D eigenvalue weighted by molar-refractivity contribution is 5.86. The summed E-state index contributed by atoms with van der Waals surface area (Å²) in [6.07, 6.45) is 4.27. The number of anilines is 1. The van der Waals surface area contributed by atoms with Crippen LogP contribution in [0.1, 0.15) is 26.3 Å². The first kappa shape index (κ1) is 15.7. The van der Waals surface area contributed by atoms with Gasteiger partial charge in [0.25, 0.3) is 0 Å². The maximum Gasteiger partial charge on any atom is 0.413 e. The zero-order chi connectivity index (χ0) is 15.2. The Morgan fingerprint density at radius 3 is 2.80 bits per heavy atom. The Kier molecular flexibility index (Phi) is 5.25. The average molecular weight is 276 g/mol. The minimum atomic E-state index is -0.557. The van der Waals surface area contributed by atoms with Gasteiger partial charge in [0.2, 0.25) is 0 Å². The number of carbonyl (C=O) groups is 1. The number of aromatic nitrogens is 1. The van der Waals surface area contributed by atoms with Crippen LogP contribution in [0.15, 0.2) is 29.4 Å². The predicted octanol–water partition coefficient (Wildman–Crippen LogP) is 2.43. The maximum absolute atomic E-state index is 11.6. The molecule has 0 aliphatic heterocycles. The molecule has 0 bridgehead atoms. The summed E-state index contributed by atoms with van der Waals surface area (Å²) in [5.74, 6) is 0.376. The molecule has 108 valence electrons. The largest absolute Gasteiger partial charge is 0.444 e. The average Bonchev–Trinajstić information content (AvgIpc) is 2.33. The summed E-state index contributed by atoms with van der Waals surface area (Å²) in [6, 6.07) is 3.41. The van der Waals surface area contributed by atoms with E-state index in [1.54, 1.807) is 58.4 Å². The van der Waals surface area contributed by atoms with Crippen molar-refractivity contribution in [1.29, 1.82) is 0 Å². The molecular formula is C14H20N4O2. The third-order valence-electron chi connectivity index (χ3n) is 2.13. The third kappa shape index (κ3) is 5.51. The number of carbonyl (C=O) groups excluding carboxylic acids is 1. The summed E-state index contributed by atoms with van der Waals surface area (Å²) in [6.45, 7) is 5.38.